The topological polar surface area (TPSA) is 57.0 Å². The molecule has 2 aliphatic rings. The van der Waals surface area contributed by atoms with Crippen molar-refractivity contribution in [1.29, 1.82) is 0 Å². The van der Waals surface area contributed by atoms with Crippen molar-refractivity contribution in [1.82, 2.24) is 14.7 Å². The van der Waals surface area contributed by atoms with Gasteiger partial charge in [-0.15, -0.1) is 0 Å². The Kier molecular flexibility index (Phi) is 5.47. The zero-order valence-electron chi connectivity index (χ0n) is 15.6. The molecule has 0 spiro atoms. The predicted molar refractivity (Wildman–Crippen MR) is 95.5 cm³/mol. The molecule has 2 aliphatic heterocycles. The van der Waals surface area contributed by atoms with Gasteiger partial charge in [-0.25, -0.2) is 0 Å². The fourth-order valence-electron chi connectivity index (χ4n) is 3.78. The van der Waals surface area contributed by atoms with Gasteiger partial charge in [-0.3, -0.25) is 9.59 Å². The molecule has 3 heterocycles. The Morgan fingerprint density at radius 2 is 1.88 bits per heavy atom. The monoisotopic (exact) mass is 347 g/mol. The second kappa shape index (κ2) is 7.60. The van der Waals surface area contributed by atoms with Gasteiger partial charge in [0.2, 0.25) is 5.91 Å². The number of carbonyl (C=O) groups is 2. The van der Waals surface area contributed by atoms with E-state index in [0.29, 0.717) is 18.8 Å². The molecule has 138 valence electrons. The van der Waals surface area contributed by atoms with Crippen LogP contribution in [-0.4, -0.2) is 72.8 Å². The highest BCUT2D eigenvalue weighted by atomic mass is 16.4. The molecular formula is C19H29N3O3. The number of amides is 2. The van der Waals surface area contributed by atoms with Crippen LogP contribution in [0.25, 0.3) is 0 Å². The molecule has 1 aromatic rings. The third kappa shape index (κ3) is 3.89. The number of nitrogens with zero attached hydrogens (tertiary/aromatic N) is 3. The van der Waals surface area contributed by atoms with E-state index in [1.165, 1.54) is 0 Å². The second-order valence-corrected chi connectivity index (χ2v) is 7.29. The SMILES string of the molecule is CCc1oc(C(=O)N2CCC[C@@H](C(=O)N3CCN(C)CC3)C2)cc1C. The molecule has 6 nitrogen and oxygen atoms in total. The molecule has 1 atom stereocenters. The van der Waals surface area contributed by atoms with E-state index in [1.807, 2.05) is 24.8 Å². The number of rotatable bonds is 3. The minimum atomic E-state index is -0.0846. The molecule has 0 aliphatic carbocycles. The molecule has 2 fully saturated rings. The summed E-state index contributed by atoms with van der Waals surface area (Å²) in [6, 6.07) is 1.83. The number of carbonyl (C=O) groups excluding carboxylic acids is 2. The van der Waals surface area contributed by atoms with Gasteiger partial charge in [0.1, 0.15) is 5.76 Å². The summed E-state index contributed by atoms with van der Waals surface area (Å²) >= 11 is 0. The van der Waals surface area contributed by atoms with Crippen molar-refractivity contribution >= 4 is 11.8 Å². The molecular weight excluding hydrogens is 318 g/mol. The van der Waals surface area contributed by atoms with Crippen molar-refractivity contribution in [2.24, 2.45) is 5.92 Å². The summed E-state index contributed by atoms with van der Waals surface area (Å²) in [7, 11) is 2.08. The molecule has 1 aromatic heterocycles. The highest BCUT2D eigenvalue weighted by Gasteiger charge is 2.33. The number of hydrogen-bond acceptors (Lipinski definition) is 4. The van der Waals surface area contributed by atoms with Gasteiger partial charge in [0, 0.05) is 45.7 Å². The number of likely N-dealkylation sites (tertiary alicyclic amines) is 1. The first-order valence-electron chi connectivity index (χ1n) is 9.35. The minimum absolute atomic E-state index is 0.0807. The number of hydrogen-bond donors (Lipinski definition) is 0. The van der Waals surface area contributed by atoms with Crippen LogP contribution in [0.1, 0.15) is 41.6 Å². The van der Waals surface area contributed by atoms with Crippen LogP contribution in [0.3, 0.4) is 0 Å². The van der Waals surface area contributed by atoms with Crippen molar-refractivity contribution in [3.05, 3.63) is 23.2 Å². The summed E-state index contributed by atoms with van der Waals surface area (Å²) < 4.78 is 5.71. The van der Waals surface area contributed by atoms with E-state index in [-0.39, 0.29) is 17.7 Å². The molecule has 0 saturated carbocycles. The first-order valence-corrected chi connectivity index (χ1v) is 9.35. The standard InChI is InChI=1S/C19H29N3O3/c1-4-16-14(2)12-17(25-16)19(24)22-7-5-6-15(13-22)18(23)21-10-8-20(3)9-11-21/h12,15H,4-11,13H2,1-3H3/t15-/m1/s1. The van der Waals surface area contributed by atoms with Crippen LogP contribution in [0.5, 0.6) is 0 Å². The molecule has 0 unspecified atom stereocenters. The quantitative estimate of drug-likeness (QED) is 0.836. The average Bonchev–Trinajstić information content (AvgIpc) is 3.02. The van der Waals surface area contributed by atoms with Gasteiger partial charge in [0.15, 0.2) is 5.76 Å². The van der Waals surface area contributed by atoms with E-state index in [4.69, 9.17) is 4.42 Å². The largest absolute Gasteiger partial charge is 0.456 e. The van der Waals surface area contributed by atoms with Gasteiger partial charge in [-0.1, -0.05) is 6.92 Å². The number of likely N-dealkylation sites (N-methyl/N-ethyl adjacent to an activating group) is 1. The molecule has 0 bridgehead atoms. The van der Waals surface area contributed by atoms with Crippen molar-refractivity contribution in [2.75, 3.05) is 46.3 Å². The lowest BCUT2D eigenvalue weighted by molar-refractivity contribution is -0.138. The van der Waals surface area contributed by atoms with E-state index in [2.05, 4.69) is 11.9 Å². The van der Waals surface area contributed by atoms with Crippen LogP contribution < -0.4 is 0 Å². The highest BCUT2D eigenvalue weighted by Crippen LogP contribution is 2.23. The Morgan fingerprint density at radius 3 is 2.52 bits per heavy atom. The second-order valence-electron chi connectivity index (χ2n) is 7.29. The Hall–Kier alpha value is -1.82. The first kappa shape index (κ1) is 18.0. The van der Waals surface area contributed by atoms with Gasteiger partial charge in [-0.05, 0) is 38.4 Å². The lowest BCUT2D eigenvalue weighted by Gasteiger charge is -2.37. The summed E-state index contributed by atoms with van der Waals surface area (Å²) in [4.78, 5) is 31.6. The lowest BCUT2D eigenvalue weighted by Crippen LogP contribution is -2.52. The van der Waals surface area contributed by atoms with Crippen LogP contribution in [-0.2, 0) is 11.2 Å². The summed E-state index contributed by atoms with van der Waals surface area (Å²) in [6.07, 6.45) is 2.52. The van der Waals surface area contributed by atoms with Crippen LogP contribution in [0.4, 0.5) is 0 Å². The van der Waals surface area contributed by atoms with Gasteiger partial charge < -0.3 is 19.1 Å². The number of furan rings is 1. The number of aryl methyl sites for hydroxylation is 2. The van der Waals surface area contributed by atoms with Crippen molar-refractivity contribution < 1.29 is 14.0 Å². The van der Waals surface area contributed by atoms with Gasteiger partial charge in [0.05, 0.1) is 5.92 Å². The molecule has 6 heteroatoms. The third-order valence-corrected chi connectivity index (χ3v) is 5.43. The van der Waals surface area contributed by atoms with Crippen molar-refractivity contribution in [3.63, 3.8) is 0 Å². The fourth-order valence-corrected chi connectivity index (χ4v) is 3.78. The zero-order valence-corrected chi connectivity index (χ0v) is 15.6. The van der Waals surface area contributed by atoms with Crippen LogP contribution in [0.15, 0.2) is 10.5 Å². The van der Waals surface area contributed by atoms with Crippen LogP contribution in [0.2, 0.25) is 0 Å². The average molecular weight is 347 g/mol. The summed E-state index contributed by atoms with van der Waals surface area (Å²) in [5, 5.41) is 0. The Labute approximate surface area is 149 Å². The molecule has 2 amide bonds. The molecule has 2 saturated heterocycles. The van der Waals surface area contributed by atoms with E-state index in [9.17, 15) is 9.59 Å². The molecule has 25 heavy (non-hydrogen) atoms. The molecule has 0 N–H and O–H groups in total. The van der Waals surface area contributed by atoms with Crippen LogP contribution >= 0.6 is 0 Å². The first-order chi connectivity index (χ1) is 12.0. The normalized spacial score (nSPS) is 22.3. The summed E-state index contributed by atoms with van der Waals surface area (Å²) in [6.45, 7) is 8.62. The summed E-state index contributed by atoms with van der Waals surface area (Å²) in [5.74, 6) is 1.31. The number of piperazine rings is 1. The maximum absolute atomic E-state index is 12.8. The van der Waals surface area contributed by atoms with Gasteiger partial charge in [0.25, 0.3) is 5.91 Å². The van der Waals surface area contributed by atoms with Crippen LogP contribution in [0, 0.1) is 12.8 Å². The van der Waals surface area contributed by atoms with E-state index < -0.39 is 0 Å². The summed E-state index contributed by atoms with van der Waals surface area (Å²) in [5.41, 5.74) is 1.02. The van der Waals surface area contributed by atoms with Crippen molar-refractivity contribution in [3.8, 4) is 0 Å². The van der Waals surface area contributed by atoms with Gasteiger partial charge >= 0.3 is 0 Å². The number of piperidine rings is 1. The third-order valence-electron chi connectivity index (χ3n) is 5.43. The van der Waals surface area contributed by atoms with Gasteiger partial charge in [-0.2, -0.15) is 0 Å². The Morgan fingerprint density at radius 1 is 1.16 bits per heavy atom. The Balaban J connectivity index is 1.64. The van der Waals surface area contributed by atoms with Crippen molar-refractivity contribution in [2.45, 2.75) is 33.1 Å². The van der Waals surface area contributed by atoms with E-state index >= 15 is 0 Å². The highest BCUT2D eigenvalue weighted by molar-refractivity contribution is 5.92. The zero-order chi connectivity index (χ0) is 18.0. The maximum Gasteiger partial charge on any atom is 0.289 e. The maximum atomic E-state index is 12.8. The smallest absolute Gasteiger partial charge is 0.289 e. The molecule has 3 rings (SSSR count). The van der Waals surface area contributed by atoms with E-state index in [1.54, 1.807) is 4.90 Å². The van der Waals surface area contributed by atoms with E-state index in [0.717, 1.165) is 56.8 Å². The Bertz CT molecular complexity index is 632. The lowest BCUT2D eigenvalue weighted by atomic mass is 9.96. The molecule has 0 radical (unpaired) electrons. The minimum Gasteiger partial charge on any atom is -0.456 e. The molecule has 0 aromatic carbocycles. The fraction of sp³-hybridized carbons (Fsp3) is 0.684. The predicted octanol–water partition coefficient (Wildman–Crippen LogP) is 1.78.